The molecule has 0 saturated heterocycles. The molecule has 1 heterocycles. The summed E-state index contributed by atoms with van der Waals surface area (Å²) < 4.78 is 43.9. The summed E-state index contributed by atoms with van der Waals surface area (Å²) in [5.41, 5.74) is 0.380. The summed E-state index contributed by atoms with van der Waals surface area (Å²) in [6.45, 7) is 1.28. The van der Waals surface area contributed by atoms with Crippen molar-refractivity contribution < 1.29 is 17.9 Å². The summed E-state index contributed by atoms with van der Waals surface area (Å²) in [5.74, 6) is 0.679. The highest BCUT2D eigenvalue weighted by atomic mass is 19.4. The molecule has 1 N–H and O–H groups in total. The number of aromatic nitrogens is 2. The van der Waals surface area contributed by atoms with E-state index in [0.717, 1.165) is 24.5 Å². The summed E-state index contributed by atoms with van der Waals surface area (Å²) in [7, 11) is 1.86. The Kier molecular flexibility index (Phi) is 4.85. The van der Waals surface area contributed by atoms with E-state index in [0.29, 0.717) is 5.75 Å². The van der Waals surface area contributed by atoms with Gasteiger partial charge in [-0.25, -0.2) is 0 Å². The minimum atomic E-state index is -4.36. The molecule has 0 saturated carbocycles. The van der Waals surface area contributed by atoms with Crippen LogP contribution in [0.25, 0.3) is 0 Å². The molecular formula is C14H16F3N3O. The van der Waals surface area contributed by atoms with Crippen LogP contribution < -0.4 is 10.1 Å². The molecular weight excluding hydrogens is 283 g/mol. The lowest BCUT2D eigenvalue weighted by Crippen LogP contribution is -2.09. The van der Waals surface area contributed by atoms with Gasteiger partial charge >= 0.3 is 6.18 Å². The normalized spacial score (nSPS) is 11.6. The first kappa shape index (κ1) is 15.4. The topological polar surface area (TPSA) is 39.1 Å². The van der Waals surface area contributed by atoms with E-state index < -0.39 is 11.7 Å². The highest BCUT2D eigenvalue weighted by Crippen LogP contribution is 2.28. The van der Waals surface area contributed by atoms with Crippen LogP contribution in [-0.2, 0) is 19.3 Å². The molecule has 0 unspecified atom stereocenters. The van der Waals surface area contributed by atoms with Crippen molar-refractivity contribution in [3.05, 3.63) is 47.8 Å². The van der Waals surface area contributed by atoms with Crippen molar-refractivity contribution in [2.75, 3.05) is 13.7 Å². The number of ether oxygens (including phenoxy) is 1. The van der Waals surface area contributed by atoms with Gasteiger partial charge in [0, 0.05) is 12.7 Å². The summed E-state index contributed by atoms with van der Waals surface area (Å²) in [6, 6.07) is 7.52. The highest BCUT2D eigenvalue weighted by Gasteiger charge is 2.32. The summed E-state index contributed by atoms with van der Waals surface area (Å²) in [6.07, 6.45) is -2.58. The highest BCUT2D eigenvalue weighted by molar-refractivity contribution is 5.27. The molecule has 4 nitrogen and oxygen atoms in total. The van der Waals surface area contributed by atoms with Gasteiger partial charge in [0.1, 0.15) is 12.4 Å². The quantitative estimate of drug-likeness (QED) is 0.891. The molecule has 0 radical (unpaired) electrons. The maximum absolute atomic E-state index is 12.4. The van der Waals surface area contributed by atoms with Crippen molar-refractivity contribution in [2.24, 2.45) is 0 Å². The van der Waals surface area contributed by atoms with Gasteiger partial charge in [-0.2, -0.15) is 18.3 Å². The Morgan fingerprint density at radius 1 is 1.24 bits per heavy atom. The average molecular weight is 299 g/mol. The van der Waals surface area contributed by atoms with Gasteiger partial charge in [-0.05, 0) is 24.7 Å². The molecule has 0 amide bonds. The van der Waals surface area contributed by atoms with Crippen LogP contribution in [0.15, 0.2) is 36.7 Å². The van der Waals surface area contributed by atoms with Crippen LogP contribution in [-0.4, -0.2) is 23.4 Å². The minimum Gasteiger partial charge on any atom is -0.492 e. The predicted molar refractivity (Wildman–Crippen MR) is 71.9 cm³/mol. The van der Waals surface area contributed by atoms with Gasteiger partial charge in [-0.3, -0.25) is 4.68 Å². The summed E-state index contributed by atoms with van der Waals surface area (Å²) in [4.78, 5) is 0. The molecule has 0 atom stereocenters. The largest absolute Gasteiger partial charge is 0.492 e. The number of halogens is 3. The number of alkyl halides is 3. The zero-order valence-electron chi connectivity index (χ0n) is 11.5. The third-order valence-corrected chi connectivity index (χ3v) is 2.85. The first-order valence-corrected chi connectivity index (χ1v) is 6.45. The lowest BCUT2D eigenvalue weighted by Gasteiger charge is -2.07. The van der Waals surface area contributed by atoms with E-state index in [2.05, 4.69) is 10.4 Å². The maximum Gasteiger partial charge on any atom is 0.419 e. The van der Waals surface area contributed by atoms with Crippen molar-refractivity contribution in [1.29, 1.82) is 0 Å². The van der Waals surface area contributed by atoms with Crippen LogP contribution in [0.5, 0.6) is 5.75 Å². The molecule has 2 rings (SSSR count). The van der Waals surface area contributed by atoms with Crippen LogP contribution in [0.3, 0.4) is 0 Å². The van der Waals surface area contributed by atoms with Gasteiger partial charge in [0.2, 0.25) is 0 Å². The molecule has 0 aliphatic rings. The Morgan fingerprint density at radius 3 is 2.52 bits per heavy atom. The fourth-order valence-electron chi connectivity index (χ4n) is 1.80. The molecule has 0 aliphatic carbocycles. The van der Waals surface area contributed by atoms with Crippen molar-refractivity contribution in [2.45, 2.75) is 19.3 Å². The molecule has 0 bridgehead atoms. The number of rotatable bonds is 6. The molecule has 0 aliphatic heterocycles. The lowest BCUT2D eigenvalue weighted by molar-refractivity contribution is -0.137. The minimum absolute atomic E-state index is 0.254. The van der Waals surface area contributed by atoms with Gasteiger partial charge in [-0.15, -0.1) is 0 Å². The van der Waals surface area contributed by atoms with E-state index in [4.69, 9.17) is 4.74 Å². The monoisotopic (exact) mass is 299 g/mol. The van der Waals surface area contributed by atoms with E-state index in [-0.39, 0.29) is 13.2 Å². The Labute approximate surface area is 120 Å². The molecule has 2 aromatic rings. The van der Waals surface area contributed by atoms with Crippen LogP contribution in [0.1, 0.15) is 11.1 Å². The second kappa shape index (κ2) is 6.62. The zero-order valence-corrected chi connectivity index (χ0v) is 11.5. The predicted octanol–water partition coefficient (Wildman–Crippen LogP) is 2.70. The third kappa shape index (κ3) is 4.49. The van der Waals surface area contributed by atoms with Gasteiger partial charge in [0.25, 0.3) is 0 Å². The third-order valence-electron chi connectivity index (χ3n) is 2.85. The Balaban J connectivity index is 1.82. The molecule has 114 valence electrons. The number of nitrogens with zero attached hydrogens (tertiary/aromatic N) is 2. The first-order valence-electron chi connectivity index (χ1n) is 6.45. The SMILES string of the molecule is CNCc1ccc(OCCn2cc(C(F)(F)F)cn2)cc1. The van der Waals surface area contributed by atoms with Gasteiger partial charge < -0.3 is 10.1 Å². The number of hydrogen-bond acceptors (Lipinski definition) is 3. The number of hydrogen-bond donors (Lipinski definition) is 1. The fourth-order valence-corrected chi connectivity index (χ4v) is 1.80. The zero-order chi connectivity index (χ0) is 15.3. The summed E-state index contributed by atoms with van der Waals surface area (Å²) in [5, 5.41) is 6.70. The van der Waals surface area contributed by atoms with E-state index in [9.17, 15) is 13.2 Å². The van der Waals surface area contributed by atoms with E-state index >= 15 is 0 Å². The second-order valence-electron chi connectivity index (χ2n) is 4.51. The van der Waals surface area contributed by atoms with Crippen molar-refractivity contribution in [3.8, 4) is 5.75 Å². The van der Waals surface area contributed by atoms with Crippen LogP contribution >= 0.6 is 0 Å². The van der Waals surface area contributed by atoms with Crippen LogP contribution in [0.2, 0.25) is 0 Å². The van der Waals surface area contributed by atoms with E-state index in [1.807, 2.05) is 31.3 Å². The molecule has 1 aromatic carbocycles. The maximum atomic E-state index is 12.4. The Hall–Kier alpha value is -2.02. The average Bonchev–Trinajstić information content (AvgIpc) is 2.90. The smallest absolute Gasteiger partial charge is 0.419 e. The Bertz CT molecular complexity index is 564. The van der Waals surface area contributed by atoms with Gasteiger partial charge in [0.05, 0.1) is 18.3 Å². The van der Waals surface area contributed by atoms with E-state index in [1.54, 1.807) is 0 Å². The van der Waals surface area contributed by atoms with Crippen LogP contribution in [0.4, 0.5) is 13.2 Å². The Morgan fingerprint density at radius 2 is 1.95 bits per heavy atom. The van der Waals surface area contributed by atoms with Crippen LogP contribution in [0, 0.1) is 0 Å². The second-order valence-corrected chi connectivity index (χ2v) is 4.51. The first-order chi connectivity index (χ1) is 9.99. The van der Waals surface area contributed by atoms with Gasteiger partial charge in [-0.1, -0.05) is 12.1 Å². The lowest BCUT2D eigenvalue weighted by atomic mass is 10.2. The van der Waals surface area contributed by atoms with Crippen molar-refractivity contribution in [3.63, 3.8) is 0 Å². The fraction of sp³-hybridized carbons (Fsp3) is 0.357. The van der Waals surface area contributed by atoms with Crippen molar-refractivity contribution in [1.82, 2.24) is 15.1 Å². The number of benzene rings is 1. The van der Waals surface area contributed by atoms with Crippen molar-refractivity contribution >= 4 is 0 Å². The molecule has 0 fully saturated rings. The molecule has 1 aromatic heterocycles. The van der Waals surface area contributed by atoms with Gasteiger partial charge in [0.15, 0.2) is 0 Å². The molecule has 7 heteroatoms. The molecule has 21 heavy (non-hydrogen) atoms. The summed E-state index contributed by atoms with van der Waals surface area (Å²) >= 11 is 0. The number of nitrogens with one attached hydrogen (secondary N) is 1. The van der Waals surface area contributed by atoms with E-state index in [1.165, 1.54) is 4.68 Å². The molecule has 0 spiro atoms. The standard InChI is InChI=1S/C14H16F3N3O/c1-18-8-11-2-4-13(5-3-11)21-7-6-20-10-12(9-19-20)14(15,16)17/h2-5,9-10,18H,6-8H2,1H3.